The number of rotatable bonds is 0. The van der Waals surface area contributed by atoms with Crippen molar-refractivity contribution in [1.82, 2.24) is 0 Å². The Balaban J connectivity index is 0. The molecule has 0 aromatic rings. The zero-order valence-corrected chi connectivity index (χ0v) is 4.50. The van der Waals surface area contributed by atoms with Gasteiger partial charge in [0.05, 0.1) is 0 Å². The minimum atomic E-state index is -4.62. The number of aliphatic hydroxyl groups is 1. The smallest absolute Gasteiger partial charge is 0.339 e. The largest absolute Gasteiger partial charge is 0.416 e. The zero-order valence-electron chi connectivity index (χ0n) is 4.50. The molecule has 0 atom stereocenters. The van der Waals surface area contributed by atoms with E-state index in [9.17, 15) is 26.3 Å². The standard InChI is InChI=1S/C2H2F4.CH2F2O/c3-1-2(4,5)6;2-1(3)4/h1H2;1,4H. The lowest BCUT2D eigenvalue weighted by Crippen LogP contribution is -2.08. The normalized spacial score (nSPS) is 10.8. The Bertz CT molecular complexity index is 65.1. The summed E-state index contributed by atoms with van der Waals surface area (Å²) in [5.74, 6) is 0. The van der Waals surface area contributed by atoms with Crippen LogP contribution in [0.25, 0.3) is 0 Å². The first-order valence-electron chi connectivity index (χ1n) is 1.88. The Morgan fingerprint density at radius 2 is 1.30 bits per heavy atom. The summed E-state index contributed by atoms with van der Waals surface area (Å²) in [5, 5.41) is 6.72. The molecule has 0 aromatic heterocycles. The maximum atomic E-state index is 10.4. The summed E-state index contributed by atoms with van der Waals surface area (Å²) in [6.07, 6.45) is -4.62. The van der Waals surface area contributed by atoms with Crippen LogP contribution in [-0.2, 0) is 0 Å². The van der Waals surface area contributed by atoms with E-state index >= 15 is 0 Å². The Morgan fingerprint density at radius 3 is 1.30 bits per heavy atom. The van der Waals surface area contributed by atoms with Crippen LogP contribution in [0.1, 0.15) is 0 Å². The first-order valence-corrected chi connectivity index (χ1v) is 1.88. The van der Waals surface area contributed by atoms with E-state index in [-0.39, 0.29) is 0 Å². The third-order valence-electron chi connectivity index (χ3n) is 0.152. The summed E-state index contributed by atoms with van der Waals surface area (Å²) >= 11 is 0. The van der Waals surface area contributed by atoms with Gasteiger partial charge in [0.15, 0.2) is 6.67 Å². The maximum Gasteiger partial charge on any atom is 0.416 e. The molecule has 0 rings (SSSR count). The van der Waals surface area contributed by atoms with Crippen molar-refractivity contribution < 1.29 is 31.4 Å². The van der Waals surface area contributed by atoms with Gasteiger partial charge in [0.1, 0.15) is 0 Å². The summed E-state index contributed by atoms with van der Waals surface area (Å²) in [4.78, 5) is 0. The predicted molar refractivity (Wildman–Crippen MR) is 20.3 cm³/mol. The van der Waals surface area contributed by atoms with Crippen molar-refractivity contribution in [1.29, 1.82) is 0 Å². The molecule has 7 heteroatoms. The number of alkyl halides is 6. The minimum Gasteiger partial charge on any atom is -0.339 e. The summed E-state index contributed by atoms with van der Waals surface area (Å²) in [7, 11) is 0. The molecule has 0 saturated heterocycles. The molecule has 64 valence electrons. The van der Waals surface area contributed by atoms with Gasteiger partial charge < -0.3 is 5.11 Å². The van der Waals surface area contributed by atoms with Crippen molar-refractivity contribution in [3.8, 4) is 0 Å². The second kappa shape index (κ2) is 5.33. The number of hydrogen-bond acceptors (Lipinski definition) is 1. The van der Waals surface area contributed by atoms with Gasteiger partial charge in [0.2, 0.25) is 0 Å². The third-order valence-corrected chi connectivity index (χ3v) is 0.152. The molecule has 0 amide bonds. The van der Waals surface area contributed by atoms with E-state index in [4.69, 9.17) is 5.11 Å². The molecule has 0 aromatic carbocycles. The van der Waals surface area contributed by atoms with Crippen molar-refractivity contribution >= 4 is 0 Å². The topological polar surface area (TPSA) is 20.2 Å². The number of hydrogen-bond donors (Lipinski definition) is 1. The Hall–Kier alpha value is -0.460. The second-order valence-electron chi connectivity index (χ2n) is 1.03. The van der Waals surface area contributed by atoms with Crippen LogP contribution >= 0.6 is 0 Å². The van der Waals surface area contributed by atoms with Gasteiger partial charge >= 0.3 is 12.8 Å². The Kier molecular flexibility index (Phi) is 6.53. The fourth-order valence-corrected chi connectivity index (χ4v) is 0. The fourth-order valence-electron chi connectivity index (χ4n) is 0. The van der Waals surface area contributed by atoms with Gasteiger partial charge in [-0.15, -0.1) is 0 Å². The molecule has 0 heterocycles. The predicted octanol–water partition coefficient (Wildman–Crippen LogP) is 1.72. The van der Waals surface area contributed by atoms with E-state index in [0.717, 1.165) is 0 Å². The Labute approximate surface area is 52.3 Å². The summed E-state index contributed by atoms with van der Waals surface area (Å²) in [5.41, 5.74) is 0. The summed E-state index contributed by atoms with van der Waals surface area (Å²) in [6, 6.07) is 0. The molecule has 10 heavy (non-hydrogen) atoms. The summed E-state index contributed by atoms with van der Waals surface area (Å²) in [6.45, 7) is -5.40. The molecule has 0 saturated carbocycles. The first-order chi connectivity index (χ1) is 4.29. The zero-order chi connectivity index (χ0) is 8.78. The van der Waals surface area contributed by atoms with Crippen LogP contribution in [0.3, 0.4) is 0 Å². The van der Waals surface area contributed by atoms with E-state index in [1.165, 1.54) is 0 Å². The molecule has 0 unspecified atom stereocenters. The highest BCUT2D eigenvalue weighted by atomic mass is 19.4. The van der Waals surface area contributed by atoms with Gasteiger partial charge in [0, 0.05) is 0 Å². The molecule has 0 spiro atoms. The fraction of sp³-hybridized carbons (Fsp3) is 1.00. The van der Waals surface area contributed by atoms with Crippen LogP contribution in [-0.4, -0.2) is 24.6 Å². The quantitative estimate of drug-likeness (QED) is 0.548. The van der Waals surface area contributed by atoms with Crippen LogP contribution in [0.4, 0.5) is 26.3 Å². The van der Waals surface area contributed by atoms with Gasteiger partial charge in [0.25, 0.3) is 0 Å². The van der Waals surface area contributed by atoms with E-state index in [1.54, 1.807) is 0 Å². The molecular weight excluding hydrogens is 166 g/mol. The lowest BCUT2D eigenvalue weighted by atomic mass is 10.8. The van der Waals surface area contributed by atoms with Crippen molar-refractivity contribution in [3.05, 3.63) is 0 Å². The highest BCUT2D eigenvalue weighted by molar-refractivity contribution is 4.39. The van der Waals surface area contributed by atoms with Gasteiger partial charge in [-0.3, -0.25) is 0 Å². The minimum absolute atomic E-state index is 2.23. The van der Waals surface area contributed by atoms with Crippen molar-refractivity contribution in [3.63, 3.8) is 0 Å². The van der Waals surface area contributed by atoms with Crippen LogP contribution < -0.4 is 0 Å². The highest BCUT2D eigenvalue weighted by Crippen LogP contribution is 2.13. The van der Waals surface area contributed by atoms with Crippen molar-refractivity contribution in [2.24, 2.45) is 0 Å². The maximum absolute atomic E-state index is 10.4. The molecule has 0 fully saturated rings. The van der Waals surface area contributed by atoms with E-state index < -0.39 is 19.5 Å². The highest BCUT2D eigenvalue weighted by Gasteiger charge is 2.26. The summed E-state index contributed by atoms with van der Waals surface area (Å²) < 4.78 is 61.4. The lowest BCUT2D eigenvalue weighted by molar-refractivity contribution is -0.142. The number of halogens is 6. The molecule has 0 aliphatic carbocycles. The average Bonchev–Trinajstić information content (AvgIpc) is 1.63. The second-order valence-corrected chi connectivity index (χ2v) is 1.03. The van der Waals surface area contributed by atoms with E-state index in [0.29, 0.717) is 0 Å². The Morgan fingerprint density at radius 1 is 1.20 bits per heavy atom. The van der Waals surface area contributed by atoms with Crippen LogP contribution in [0.2, 0.25) is 0 Å². The van der Waals surface area contributed by atoms with Crippen LogP contribution in [0.15, 0.2) is 0 Å². The van der Waals surface area contributed by atoms with Crippen LogP contribution in [0, 0.1) is 0 Å². The molecule has 1 N–H and O–H groups in total. The monoisotopic (exact) mass is 170 g/mol. The van der Waals surface area contributed by atoms with Crippen molar-refractivity contribution in [2.75, 3.05) is 6.67 Å². The van der Waals surface area contributed by atoms with E-state index in [2.05, 4.69) is 0 Å². The number of aliphatic hydroxyl groups excluding tert-OH is 1. The molecule has 1 nitrogen and oxygen atoms in total. The average molecular weight is 170 g/mol. The molecule has 0 radical (unpaired) electrons. The van der Waals surface area contributed by atoms with E-state index in [1.807, 2.05) is 0 Å². The molecular formula is C3H4F6O. The van der Waals surface area contributed by atoms with Gasteiger partial charge in [-0.05, 0) is 0 Å². The van der Waals surface area contributed by atoms with Gasteiger partial charge in [-0.2, -0.15) is 22.0 Å². The third kappa shape index (κ3) is 50.0. The lowest BCUT2D eigenvalue weighted by Gasteiger charge is -1.93. The molecule has 0 bridgehead atoms. The first kappa shape index (κ1) is 12.2. The van der Waals surface area contributed by atoms with Gasteiger partial charge in [-0.1, -0.05) is 0 Å². The SMILES string of the molecule is FCC(F)(F)F.OC(F)F. The van der Waals surface area contributed by atoms with Crippen molar-refractivity contribution in [2.45, 2.75) is 12.8 Å². The molecule has 0 aliphatic rings. The van der Waals surface area contributed by atoms with Crippen LogP contribution in [0.5, 0.6) is 0 Å². The molecule has 0 aliphatic heterocycles. The van der Waals surface area contributed by atoms with Gasteiger partial charge in [-0.25, -0.2) is 4.39 Å².